The van der Waals surface area contributed by atoms with Crippen molar-refractivity contribution in [1.82, 2.24) is 58.8 Å². The molecule has 0 N–H and O–H groups in total. The molecule has 360 valence electrons. The Kier molecular flexibility index (Phi) is 9.90. The van der Waals surface area contributed by atoms with Crippen LogP contribution in [0.5, 0.6) is 0 Å². The zero-order valence-corrected chi connectivity index (χ0v) is 38.2. The highest BCUT2D eigenvalue weighted by molar-refractivity contribution is 6.11. The Labute approximate surface area is 390 Å². The molecule has 0 radical (unpaired) electrons. The molecule has 16 bridgehead atoms. The summed E-state index contributed by atoms with van der Waals surface area (Å²) in [6, 6.07) is 12.4. The van der Waals surface area contributed by atoms with E-state index in [1.54, 1.807) is 27.7 Å². The summed E-state index contributed by atoms with van der Waals surface area (Å²) in [6.45, 7) is 5.94. The maximum atomic E-state index is 14.9. The van der Waals surface area contributed by atoms with Crippen LogP contribution in [0.15, 0.2) is 48.5 Å². The third-order valence-electron chi connectivity index (χ3n) is 14.6. The molecule has 0 atom stereocenters. The third-order valence-corrected chi connectivity index (χ3v) is 14.6. The van der Waals surface area contributed by atoms with Crippen molar-refractivity contribution in [2.24, 2.45) is 0 Å². The minimum absolute atomic E-state index is 0.0727. The van der Waals surface area contributed by atoms with Gasteiger partial charge in [0.05, 0.1) is 79.8 Å². The molecule has 24 heteroatoms. The van der Waals surface area contributed by atoms with Crippen LogP contribution in [0.25, 0.3) is 0 Å². The summed E-state index contributed by atoms with van der Waals surface area (Å²) in [5.41, 5.74) is -5.61. The maximum Gasteiger partial charge on any atom is 0.359 e. The number of carbonyl (C=O) groups is 8. The lowest BCUT2D eigenvalue weighted by molar-refractivity contribution is -0.209. The summed E-state index contributed by atoms with van der Waals surface area (Å²) >= 11 is 0. The molecule has 0 saturated carbocycles. The van der Waals surface area contributed by atoms with Crippen molar-refractivity contribution in [3.05, 3.63) is 70.8 Å². The SMILES string of the molecule is CCOC(=O)C12N3CN4Cc5ccc(cc5)CN5CN6C(=O)N7CN(Cc8ccc(cc8)CN8CN(C3=O)C1(C(=O)OCC)N(C8)C(=O)N2C4)CN1C(=O)N(C5)C6(C(=O)OCC)C71C(=O)OCC. The Hall–Kier alpha value is -6.76. The summed E-state index contributed by atoms with van der Waals surface area (Å²) in [5, 5.41) is 0. The average molecular weight is 941 g/mol. The lowest BCUT2D eigenvalue weighted by atomic mass is 9.89. The fraction of sp³-hybridized carbons (Fsp3) is 0.545. The smallest absolute Gasteiger partial charge is 0.359 e. The fourth-order valence-electron chi connectivity index (χ4n) is 12.2. The molecule has 15 aliphatic rings. The van der Waals surface area contributed by atoms with Gasteiger partial charge >= 0.3 is 48.0 Å². The van der Waals surface area contributed by atoms with Crippen molar-refractivity contribution >= 4 is 48.0 Å². The van der Waals surface area contributed by atoms with Crippen molar-refractivity contribution in [3.8, 4) is 0 Å². The van der Waals surface area contributed by atoms with E-state index in [4.69, 9.17) is 18.9 Å². The molecule has 2 aromatic rings. The topological polar surface area (TPSA) is 212 Å². The van der Waals surface area contributed by atoms with E-state index in [-0.39, 0.29) is 106 Å². The number of rotatable bonds is 8. The molecule has 8 fully saturated rings. The van der Waals surface area contributed by atoms with E-state index < -0.39 is 70.7 Å². The lowest BCUT2D eigenvalue weighted by Crippen LogP contribution is -2.80. The van der Waals surface area contributed by atoms with Crippen molar-refractivity contribution in [2.45, 2.75) is 76.5 Å². The van der Waals surface area contributed by atoms with E-state index in [0.717, 1.165) is 22.3 Å². The molecule has 17 rings (SSSR count). The maximum absolute atomic E-state index is 14.9. The van der Waals surface area contributed by atoms with Crippen LogP contribution in [0.1, 0.15) is 49.9 Å². The van der Waals surface area contributed by atoms with Gasteiger partial charge in [0.1, 0.15) is 0 Å². The molecule has 0 aliphatic carbocycles. The van der Waals surface area contributed by atoms with Gasteiger partial charge in [0.15, 0.2) is 0 Å². The van der Waals surface area contributed by atoms with Crippen LogP contribution in [0.2, 0.25) is 0 Å². The van der Waals surface area contributed by atoms with Gasteiger partial charge in [0.2, 0.25) is 0 Å². The first-order chi connectivity index (χ1) is 32.8. The van der Waals surface area contributed by atoms with Crippen LogP contribution < -0.4 is 0 Å². The summed E-state index contributed by atoms with van der Waals surface area (Å²) in [6.07, 6.45) is 0. The fourth-order valence-corrected chi connectivity index (χ4v) is 12.2. The van der Waals surface area contributed by atoms with E-state index in [0.29, 0.717) is 0 Å². The molecular weight excluding hydrogens is 889 g/mol. The predicted molar refractivity (Wildman–Crippen MR) is 228 cm³/mol. The minimum Gasteiger partial charge on any atom is -0.463 e. The van der Waals surface area contributed by atoms with E-state index in [1.807, 2.05) is 68.1 Å². The van der Waals surface area contributed by atoms with Gasteiger partial charge in [0, 0.05) is 26.2 Å². The number of amides is 8. The Morgan fingerprint density at radius 3 is 0.662 bits per heavy atom. The van der Waals surface area contributed by atoms with Crippen molar-refractivity contribution in [2.75, 3.05) is 79.8 Å². The van der Waals surface area contributed by atoms with Crippen molar-refractivity contribution in [1.29, 1.82) is 0 Å². The molecule has 0 unspecified atom stereocenters. The van der Waals surface area contributed by atoms with Crippen LogP contribution in [-0.4, -0.2) is 209 Å². The second-order valence-electron chi connectivity index (χ2n) is 18.2. The first kappa shape index (κ1) is 43.8. The first-order valence-corrected chi connectivity index (χ1v) is 22.9. The molecule has 8 saturated heterocycles. The highest BCUT2D eigenvalue weighted by atomic mass is 16.6. The quantitative estimate of drug-likeness (QED) is 0.258. The second-order valence-corrected chi connectivity index (χ2v) is 18.2. The first-order valence-electron chi connectivity index (χ1n) is 22.9. The van der Waals surface area contributed by atoms with Crippen LogP contribution in [0.4, 0.5) is 19.2 Å². The van der Waals surface area contributed by atoms with Crippen molar-refractivity contribution in [3.63, 3.8) is 0 Å². The molecule has 15 heterocycles. The van der Waals surface area contributed by atoms with Crippen LogP contribution in [-0.2, 0) is 64.3 Å². The van der Waals surface area contributed by atoms with Crippen LogP contribution in [0, 0.1) is 0 Å². The van der Waals surface area contributed by atoms with Gasteiger partial charge in [0.25, 0.3) is 22.7 Å². The normalized spacial score (nSPS) is 32.9. The highest BCUT2D eigenvalue weighted by Gasteiger charge is 2.90. The Bertz CT molecular complexity index is 2120. The Balaban J connectivity index is 1.00. The number of urea groups is 4. The van der Waals surface area contributed by atoms with Gasteiger partial charge in [-0.25, -0.2) is 38.4 Å². The Morgan fingerprint density at radius 2 is 0.515 bits per heavy atom. The molecule has 0 spiro atoms. The number of hydrogen-bond acceptors (Lipinski definition) is 16. The third kappa shape index (κ3) is 5.27. The zero-order chi connectivity index (χ0) is 47.7. The summed E-state index contributed by atoms with van der Waals surface area (Å²) < 4.78 is 22.7. The molecule has 68 heavy (non-hydrogen) atoms. The monoisotopic (exact) mass is 940 g/mol. The zero-order valence-electron chi connectivity index (χ0n) is 38.2. The molecule has 0 aromatic heterocycles. The highest BCUT2D eigenvalue weighted by Crippen LogP contribution is 2.58. The molecule has 24 nitrogen and oxygen atoms in total. The summed E-state index contributed by atoms with van der Waals surface area (Å²) in [7, 11) is 0. The molecule has 2 aromatic carbocycles. The van der Waals surface area contributed by atoms with Gasteiger partial charge in [-0.15, -0.1) is 0 Å². The minimum atomic E-state index is -2.19. The van der Waals surface area contributed by atoms with Gasteiger partial charge < -0.3 is 18.9 Å². The Morgan fingerprint density at radius 1 is 0.353 bits per heavy atom. The largest absolute Gasteiger partial charge is 0.463 e. The van der Waals surface area contributed by atoms with Crippen LogP contribution in [0.3, 0.4) is 0 Å². The predicted octanol–water partition coefficient (Wildman–Crippen LogP) is 0.311. The number of esters is 4. The van der Waals surface area contributed by atoms with Crippen LogP contribution >= 0.6 is 0 Å². The van der Waals surface area contributed by atoms with Gasteiger partial charge in [-0.3, -0.25) is 58.8 Å². The number of ether oxygens (including phenoxy) is 4. The molecular formula is C44H52N12O12. The summed E-state index contributed by atoms with van der Waals surface area (Å²) in [4.78, 5) is 135. The van der Waals surface area contributed by atoms with E-state index in [2.05, 4.69) is 0 Å². The molecule has 15 aliphatic heterocycles. The number of hydrogen-bond donors (Lipinski definition) is 0. The number of benzene rings is 2. The summed E-state index contributed by atoms with van der Waals surface area (Å²) in [5.74, 6) is -3.65. The van der Waals surface area contributed by atoms with E-state index in [1.165, 1.54) is 39.2 Å². The van der Waals surface area contributed by atoms with Gasteiger partial charge in [-0.2, -0.15) is 0 Å². The van der Waals surface area contributed by atoms with Crippen molar-refractivity contribution < 1.29 is 57.3 Å². The van der Waals surface area contributed by atoms with Gasteiger partial charge in [-0.1, -0.05) is 48.5 Å². The average Bonchev–Trinajstić information content (AvgIpc) is 3.89. The van der Waals surface area contributed by atoms with E-state index in [9.17, 15) is 38.4 Å². The second kappa shape index (κ2) is 15.4. The van der Waals surface area contributed by atoms with E-state index >= 15 is 0 Å². The number of nitrogens with zero attached hydrogens (tertiary/aromatic N) is 12. The number of carbonyl (C=O) groups excluding carboxylic acids is 8. The molecule has 8 amide bonds. The standard InChI is InChI=1S/C44H52N12O12/c1-5-65-33(57)41-42(34(58)66-6-2)51-23-46-18-30-13-15-32(16-14-30)20-48-27-55-39(63)53-25-47(26-54-40(64)56(28-48)44(55,36(60)68-8-4)43(53,54)35(59)67-7-3)19-31-11-9-29(10-12-31)17-45(21-49(41)37(51)61)22-50(41)38(62)52(42)24-46/h9-16H,5-8,17-28H2,1-4H3. The lowest BCUT2D eigenvalue weighted by Gasteiger charge is -2.51. The van der Waals surface area contributed by atoms with Gasteiger partial charge in [-0.05, 0) is 49.9 Å².